The highest BCUT2D eigenvalue weighted by Gasteiger charge is 2.49. The summed E-state index contributed by atoms with van der Waals surface area (Å²) in [6.07, 6.45) is 1.47. The molecule has 0 saturated heterocycles. The van der Waals surface area contributed by atoms with Crippen molar-refractivity contribution in [2.75, 3.05) is 19.9 Å². The van der Waals surface area contributed by atoms with E-state index in [1.165, 1.54) is 21.1 Å². The molecule has 1 saturated carbocycles. The Hall–Kier alpha value is -1.11. The van der Waals surface area contributed by atoms with Crippen LogP contribution in [-0.2, 0) is 24.2 Å². The predicted molar refractivity (Wildman–Crippen MR) is 65.6 cm³/mol. The van der Waals surface area contributed by atoms with Gasteiger partial charge in [0, 0.05) is 7.05 Å². The van der Waals surface area contributed by atoms with Crippen molar-refractivity contribution < 1.29 is 22.7 Å². The Kier molecular flexibility index (Phi) is 4.37. The van der Waals surface area contributed by atoms with E-state index < -0.39 is 32.4 Å². The van der Waals surface area contributed by atoms with Crippen molar-refractivity contribution >= 4 is 21.7 Å². The normalized spacial score (nSPS) is 18.8. The molecule has 7 heteroatoms. The molecule has 1 atom stereocenters. The molecule has 1 N–H and O–H groups in total. The lowest BCUT2D eigenvalue weighted by atomic mass is 10.1. The van der Waals surface area contributed by atoms with Gasteiger partial charge in [0.05, 0.1) is 19.3 Å². The summed E-state index contributed by atoms with van der Waals surface area (Å²) in [4.78, 5) is 22.6. The minimum absolute atomic E-state index is 0.100. The minimum atomic E-state index is -3.54. The second-order valence-electron chi connectivity index (χ2n) is 4.82. The van der Waals surface area contributed by atoms with Crippen molar-refractivity contribution in [3.63, 3.8) is 0 Å². The highest BCUT2D eigenvalue weighted by atomic mass is 32.2. The van der Waals surface area contributed by atoms with Gasteiger partial charge >= 0.3 is 5.97 Å². The maximum atomic E-state index is 12.0. The van der Waals surface area contributed by atoms with Crippen molar-refractivity contribution in [1.29, 1.82) is 0 Å². The number of carbonyl (C=O) groups is 2. The second kappa shape index (κ2) is 5.26. The van der Waals surface area contributed by atoms with Gasteiger partial charge in [0.15, 0.2) is 9.84 Å². The average Bonchev–Trinajstić information content (AvgIpc) is 3.05. The predicted octanol–water partition coefficient (Wildman–Crippen LogP) is -0.121. The molecule has 0 heterocycles. The standard InChI is InChI=1S/C11H19NO5S/c1-8(10(14)12-2)18(15,16)7-11(4-5-11)6-9(13)17-3/h8H,4-7H2,1-3H3,(H,12,14). The maximum absolute atomic E-state index is 12.0. The Bertz CT molecular complexity index is 438. The van der Waals surface area contributed by atoms with Crippen LogP contribution in [0.15, 0.2) is 0 Å². The summed E-state index contributed by atoms with van der Waals surface area (Å²) in [5.41, 5.74) is -0.520. The summed E-state index contributed by atoms with van der Waals surface area (Å²) in [7, 11) is -0.864. The Labute approximate surface area is 107 Å². The maximum Gasteiger partial charge on any atom is 0.306 e. The lowest BCUT2D eigenvalue weighted by Crippen LogP contribution is -2.39. The molecule has 0 bridgehead atoms. The third kappa shape index (κ3) is 3.44. The van der Waals surface area contributed by atoms with Crippen LogP contribution in [0.1, 0.15) is 26.2 Å². The summed E-state index contributed by atoms with van der Waals surface area (Å²) < 4.78 is 28.6. The topological polar surface area (TPSA) is 89.5 Å². The van der Waals surface area contributed by atoms with Crippen LogP contribution in [0.2, 0.25) is 0 Å². The number of hydrogen-bond acceptors (Lipinski definition) is 5. The molecule has 18 heavy (non-hydrogen) atoms. The van der Waals surface area contributed by atoms with Crippen LogP contribution >= 0.6 is 0 Å². The molecule has 104 valence electrons. The lowest BCUT2D eigenvalue weighted by molar-refractivity contribution is -0.141. The molecule has 0 radical (unpaired) electrons. The van der Waals surface area contributed by atoms with E-state index in [-0.39, 0.29) is 12.2 Å². The first-order chi connectivity index (χ1) is 8.26. The Balaban J connectivity index is 2.72. The van der Waals surface area contributed by atoms with Crippen LogP contribution in [0, 0.1) is 5.41 Å². The molecule has 0 aromatic carbocycles. The van der Waals surface area contributed by atoms with Crippen LogP contribution in [0.4, 0.5) is 0 Å². The molecule has 1 aliphatic carbocycles. The zero-order valence-electron chi connectivity index (χ0n) is 10.9. The van der Waals surface area contributed by atoms with E-state index in [1.807, 2.05) is 0 Å². The van der Waals surface area contributed by atoms with Crippen LogP contribution in [0.5, 0.6) is 0 Å². The van der Waals surface area contributed by atoms with Crippen LogP contribution in [-0.4, -0.2) is 45.5 Å². The molecule has 6 nitrogen and oxygen atoms in total. The highest BCUT2D eigenvalue weighted by molar-refractivity contribution is 7.92. The molecule has 0 aromatic heterocycles. The number of carbonyl (C=O) groups excluding carboxylic acids is 2. The average molecular weight is 277 g/mol. The summed E-state index contributed by atoms with van der Waals surface area (Å²) >= 11 is 0. The van der Waals surface area contributed by atoms with E-state index in [2.05, 4.69) is 10.1 Å². The van der Waals surface area contributed by atoms with Gasteiger partial charge in [-0.25, -0.2) is 8.42 Å². The van der Waals surface area contributed by atoms with Crippen molar-refractivity contribution in [2.24, 2.45) is 5.41 Å². The van der Waals surface area contributed by atoms with Gasteiger partial charge in [0.2, 0.25) is 5.91 Å². The van der Waals surface area contributed by atoms with Gasteiger partial charge < -0.3 is 10.1 Å². The van der Waals surface area contributed by atoms with E-state index in [4.69, 9.17) is 0 Å². The van der Waals surface area contributed by atoms with E-state index in [9.17, 15) is 18.0 Å². The zero-order chi connectivity index (χ0) is 14.0. The molecule has 1 aliphatic rings. The number of esters is 1. The highest BCUT2D eigenvalue weighted by Crippen LogP contribution is 2.50. The first-order valence-corrected chi connectivity index (χ1v) is 7.48. The number of rotatable bonds is 6. The molecule has 0 aromatic rings. The fraction of sp³-hybridized carbons (Fsp3) is 0.818. The quantitative estimate of drug-likeness (QED) is 0.684. The summed E-state index contributed by atoms with van der Waals surface area (Å²) in [5, 5.41) is 1.23. The second-order valence-corrected chi connectivity index (χ2v) is 7.14. The monoisotopic (exact) mass is 277 g/mol. The van der Waals surface area contributed by atoms with Crippen molar-refractivity contribution in [1.82, 2.24) is 5.32 Å². The van der Waals surface area contributed by atoms with Crippen molar-refractivity contribution in [2.45, 2.75) is 31.4 Å². The van der Waals surface area contributed by atoms with Gasteiger partial charge in [-0.2, -0.15) is 0 Å². The van der Waals surface area contributed by atoms with E-state index >= 15 is 0 Å². The number of sulfone groups is 1. The van der Waals surface area contributed by atoms with Gasteiger partial charge in [0.1, 0.15) is 5.25 Å². The molecule has 1 amide bonds. The molecule has 1 fully saturated rings. The first kappa shape index (κ1) is 14.9. The van der Waals surface area contributed by atoms with Crippen LogP contribution in [0.3, 0.4) is 0 Å². The van der Waals surface area contributed by atoms with E-state index in [0.29, 0.717) is 12.8 Å². The lowest BCUT2D eigenvalue weighted by Gasteiger charge is -2.17. The molecular weight excluding hydrogens is 258 g/mol. The SMILES string of the molecule is CNC(=O)C(C)S(=O)(=O)CC1(CC(=O)OC)CC1. The largest absolute Gasteiger partial charge is 0.469 e. The van der Waals surface area contributed by atoms with Gasteiger partial charge in [-0.05, 0) is 25.2 Å². The summed E-state index contributed by atoms with van der Waals surface area (Å²) in [6, 6.07) is 0. The van der Waals surface area contributed by atoms with Gasteiger partial charge in [-0.3, -0.25) is 9.59 Å². The number of methoxy groups -OCH3 is 1. The molecule has 1 unspecified atom stereocenters. The third-order valence-corrected chi connectivity index (χ3v) is 5.67. The Morgan fingerprint density at radius 1 is 1.39 bits per heavy atom. The molecule has 1 rings (SSSR count). The number of nitrogens with one attached hydrogen (secondary N) is 1. The fourth-order valence-electron chi connectivity index (χ4n) is 1.85. The van der Waals surface area contributed by atoms with Gasteiger partial charge in [0.25, 0.3) is 0 Å². The van der Waals surface area contributed by atoms with E-state index in [1.54, 1.807) is 0 Å². The van der Waals surface area contributed by atoms with Crippen molar-refractivity contribution in [3.05, 3.63) is 0 Å². The first-order valence-electron chi connectivity index (χ1n) is 5.76. The van der Waals surface area contributed by atoms with Crippen LogP contribution in [0.25, 0.3) is 0 Å². The molecule has 0 aliphatic heterocycles. The molecule has 0 spiro atoms. The number of hydrogen-bond donors (Lipinski definition) is 1. The smallest absolute Gasteiger partial charge is 0.306 e. The Morgan fingerprint density at radius 2 is 1.94 bits per heavy atom. The van der Waals surface area contributed by atoms with Crippen molar-refractivity contribution in [3.8, 4) is 0 Å². The van der Waals surface area contributed by atoms with E-state index in [0.717, 1.165) is 0 Å². The number of amides is 1. The van der Waals surface area contributed by atoms with Gasteiger partial charge in [-0.1, -0.05) is 0 Å². The zero-order valence-corrected chi connectivity index (χ0v) is 11.7. The van der Waals surface area contributed by atoms with Gasteiger partial charge in [-0.15, -0.1) is 0 Å². The third-order valence-electron chi connectivity index (χ3n) is 3.37. The number of ether oxygens (including phenoxy) is 1. The summed E-state index contributed by atoms with van der Waals surface area (Å²) in [5.74, 6) is -1.07. The summed E-state index contributed by atoms with van der Waals surface area (Å²) in [6.45, 7) is 1.36. The fourth-order valence-corrected chi connectivity index (χ4v) is 3.78. The minimum Gasteiger partial charge on any atom is -0.469 e. The van der Waals surface area contributed by atoms with Crippen LogP contribution < -0.4 is 5.32 Å². The Morgan fingerprint density at radius 3 is 2.33 bits per heavy atom. The molecular formula is C11H19NO5S.